The molecule has 28 heavy (non-hydrogen) atoms. The minimum absolute atomic E-state index is 0.0656. The zero-order valence-corrected chi connectivity index (χ0v) is 16.6. The number of hydrogen-bond acceptors (Lipinski definition) is 4. The predicted octanol–water partition coefficient (Wildman–Crippen LogP) is 3.19. The molecule has 150 valence electrons. The second kappa shape index (κ2) is 10.2. The van der Waals surface area contributed by atoms with Crippen LogP contribution in [0.2, 0.25) is 0 Å². The lowest BCUT2D eigenvalue weighted by molar-refractivity contribution is 0.0707. The van der Waals surface area contributed by atoms with Crippen LogP contribution in [0.15, 0.2) is 48.5 Å². The maximum absolute atomic E-state index is 13.0. The Balaban J connectivity index is 1.70. The van der Waals surface area contributed by atoms with E-state index in [1.165, 1.54) is 18.4 Å². The molecule has 1 heterocycles. The van der Waals surface area contributed by atoms with Crippen molar-refractivity contribution in [3.8, 4) is 5.75 Å². The Morgan fingerprint density at radius 1 is 1.25 bits per heavy atom. The number of ether oxygens (including phenoxy) is 1. The van der Waals surface area contributed by atoms with E-state index >= 15 is 0 Å². The van der Waals surface area contributed by atoms with Crippen molar-refractivity contribution < 1.29 is 14.6 Å². The molecule has 1 saturated heterocycles. The van der Waals surface area contributed by atoms with E-state index in [0.717, 1.165) is 24.4 Å². The van der Waals surface area contributed by atoms with Crippen LogP contribution in [0.25, 0.3) is 0 Å². The van der Waals surface area contributed by atoms with Crippen LogP contribution >= 0.6 is 0 Å². The van der Waals surface area contributed by atoms with E-state index in [-0.39, 0.29) is 12.5 Å². The van der Waals surface area contributed by atoms with Gasteiger partial charge < -0.3 is 20.1 Å². The third-order valence-electron chi connectivity index (χ3n) is 5.17. The van der Waals surface area contributed by atoms with Gasteiger partial charge in [0.1, 0.15) is 5.75 Å². The molecule has 1 aliphatic rings. The molecule has 0 spiro atoms. The van der Waals surface area contributed by atoms with Crippen LogP contribution in [0, 0.1) is 0 Å². The zero-order valence-electron chi connectivity index (χ0n) is 16.6. The van der Waals surface area contributed by atoms with Crippen molar-refractivity contribution in [3.63, 3.8) is 0 Å². The number of piperidine rings is 1. The fraction of sp³-hybridized carbons (Fsp3) is 0.435. The van der Waals surface area contributed by atoms with Crippen molar-refractivity contribution in [1.29, 1.82) is 0 Å². The minimum Gasteiger partial charge on any atom is -0.494 e. The van der Waals surface area contributed by atoms with Crippen LogP contribution < -0.4 is 10.1 Å². The molecule has 0 radical (unpaired) electrons. The third-order valence-corrected chi connectivity index (χ3v) is 5.17. The Morgan fingerprint density at radius 2 is 2.07 bits per heavy atom. The molecule has 5 nitrogen and oxygen atoms in total. The van der Waals surface area contributed by atoms with Gasteiger partial charge in [-0.15, -0.1) is 0 Å². The number of benzene rings is 2. The molecule has 0 aliphatic carbocycles. The number of rotatable bonds is 8. The van der Waals surface area contributed by atoms with Gasteiger partial charge >= 0.3 is 0 Å². The van der Waals surface area contributed by atoms with E-state index < -0.39 is 0 Å². The van der Waals surface area contributed by atoms with Gasteiger partial charge in [-0.05, 0) is 67.6 Å². The van der Waals surface area contributed by atoms with E-state index in [2.05, 4.69) is 17.4 Å². The van der Waals surface area contributed by atoms with Gasteiger partial charge in [0.25, 0.3) is 5.91 Å². The number of aliphatic hydroxyl groups is 1. The second-order valence-electron chi connectivity index (χ2n) is 7.20. The van der Waals surface area contributed by atoms with E-state index in [9.17, 15) is 9.90 Å². The van der Waals surface area contributed by atoms with Crippen molar-refractivity contribution in [2.45, 2.75) is 32.2 Å². The number of nitrogens with zero attached hydrogens (tertiary/aromatic N) is 1. The number of aliphatic hydroxyl groups excluding tert-OH is 1. The standard InChI is InChI=1S/C23H30N2O3/c1-2-28-22-7-3-5-18(15-22)17-25(13-14-26)23(27)20-10-8-19(9-11-20)21-6-4-12-24-16-21/h3,5,7-11,15,21,24,26H,2,4,6,12-14,16-17H2,1H3/t21-/m0/s1. The Bertz CT molecular complexity index is 755. The summed E-state index contributed by atoms with van der Waals surface area (Å²) >= 11 is 0. The summed E-state index contributed by atoms with van der Waals surface area (Å²) < 4.78 is 5.55. The molecular weight excluding hydrogens is 352 g/mol. The number of nitrogens with one attached hydrogen (secondary N) is 1. The van der Waals surface area contributed by atoms with Gasteiger partial charge in [0.05, 0.1) is 13.2 Å². The quantitative estimate of drug-likeness (QED) is 0.736. The lowest BCUT2D eigenvalue weighted by Crippen LogP contribution is -2.33. The molecule has 2 aromatic rings. The first kappa shape index (κ1) is 20.4. The molecule has 2 aromatic carbocycles. The van der Waals surface area contributed by atoms with Gasteiger partial charge in [-0.2, -0.15) is 0 Å². The van der Waals surface area contributed by atoms with Gasteiger partial charge in [0.2, 0.25) is 0 Å². The average Bonchev–Trinajstić information content (AvgIpc) is 2.74. The Morgan fingerprint density at radius 3 is 2.75 bits per heavy atom. The van der Waals surface area contributed by atoms with Crippen molar-refractivity contribution >= 4 is 5.91 Å². The summed E-state index contributed by atoms with van der Waals surface area (Å²) in [5.74, 6) is 1.25. The predicted molar refractivity (Wildman–Crippen MR) is 111 cm³/mol. The highest BCUT2D eigenvalue weighted by atomic mass is 16.5. The normalized spacial score (nSPS) is 16.6. The highest BCUT2D eigenvalue weighted by molar-refractivity contribution is 5.94. The highest BCUT2D eigenvalue weighted by Gasteiger charge is 2.18. The van der Waals surface area contributed by atoms with Crippen LogP contribution in [0.5, 0.6) is 5.75 Å². The molecule has 0 unspecified atom stereocenters. The largest absolute Gasteiger partial charge is 0.494 e. The first-order valence-electron chi connectivity index (χ1n) is 10.1. The molecule has 0 bridgehead atoms. The van der Waals surface area contributed by atoms with Gasteiger partial charge in [-0.25, -0.2) is 0 Å². The summed E-state index contributed by atoms with van der Waals surface area (Å²) in [6, 6.07) is 15.7. The maximum atomic E-state index is 13.0. The molecular formula is C23H30N2O3. The molecule has 1 fully saturated rings. The number of amides is 1. The van der Waals surface area contributed by atoms with Gasteiger partial charge in [-0.3, -0.25) is 4.79 Å². The van der Waals surface area contributed by atoms with E-state index in [0.29, 0.717) is 31.2 Å². The fourth-order valence-electron chi connectivity index (χ4n) is 3.71. The lowest BCUT2D eigenvalue weighted by atomic mass is 9.91. The third kappa shape index (κ3) is 5.33. The number of carbonyl (C=O) groups is 1. The lowest BCUT2D eigenvalue weighted by Gasteiger charge is -2.24. The molecule has 2 N–H and O–H groups in total. The monoisotopic (exact) mass is 382 g/mol. The number of carbonyl (C=O) groups excluding carboxylic acids is 1. The van der Waals surface area contributed by atoms with Gasteiger partial charge in [0.15, 0.2) is 0 Å². The smallest absolute Gasteiger partial charge is 0.254 e. The van der Waals surface area contributed by atoms with Crippen LogP contribution in [0.3, 0.4) is 0 Å². The second-order valence-corrected chi connectivity index (χ2v) is 7.20. The Hall–Kier alpha value is -2.37. The summed E-state index contributed by atoms with van der Waals surface area (Å²) in [5.41, 5.74) is 2.92. The Kier molecular flexibility index (Phi) is 7.46. The molecule has 0 aromatic heterocycles. The first-order valence-corrected chi connectivity index (χ1v) is 10.1. The van der Waals surface area contributed by atoms with Crippen LogP contribution in [0.1, 0.15) is 47.2 Å². The van der Waals surface area contributed by atoms with Crippen molar-refractivity contribution in [1.82, 2.24) is 10.2 Å². The maximum Gasteiger partial charge on any atom is 0.254 e. The number of hydrogen-bond donors (Lipinski definition) is 2. The Labute approximate surface area is 167 Å². The molecule has 1 amide bonds. The van der Waals surface area contributed by atoms with Crippen LogP contribution in [-0.4, -0.2) is 48.8 Å². The summed E-state index contributed by atoms with van der Waals surface area (Å²) in [4.78, 5) is 14.7. The van der Waals surface area contributed by atoms with Crippen molar-refractivity contribution in [2.24, 2.45) is 0 Å². The molecule has 1 aliphatic heterocycles. The zero-order chi connectivity index (χ0) is 19.8. The highest BCUT2D eigenvalue weighted by Crippen LogP contribution is 2.24. The summed E-state index contributed by atoms with van der Waals surface area (Å²) in [5, 5.41) is 12.9. The topological polar surface area (TPSA) is 61.8 Å². The SMILES string of the molecule is CCOc1cccc(CN(CCO)C(=O)c2ccc([C@H]3CCCNC3)cc2)c1. The van der Waals surface area contributed by atoms with E-state index in [1.807, 2.05) is 43.3 Å². The summed E-state index contributed by atoms with van der Waals surface area (Å²) in [6.07, 6.45) is 2.38. The summed E-state index contributed by atoms with van der Waals surface area (Å²) in [6.45, 7) is 5.31. The van der Waals surface area contributed by atoms with Crippen LogP contribution in [-0.2, 0) is 6.54 Å². The van der Waals surface area contributed by atoms with Gasteiger partial charge in [0, 0.05) is 25.2 Å². The average molecular weight is 383 g/mol. The molecule has 5 heteroatoms. The van der Waals surface area contributed by atoms with Crippen LogP contribution in [0.4, 0.5) is 0 Å². The first-order chi connectivity index (χ1) is 13.7. The van der Waals surface area contributed by atoms with Crippen molar-refractivity contribution in [2.75, 3.05) is 32.8 Å². The van der Waals surface area contributed by atoms with E-state index in [4.69, 9.17) is 4.74 Å². The fourth-order valence-corrected chi connectivity index (χ4v) is 3.71. The molecule has 0 saturated carbocycles. The summed E-state index contributed by atoms with van der Waals surface area (Å²) in [7, 11) is 0. The van der Waals surface area contributed by atoms with Crippen molar-refractivity contribution in [3.05, 3.63) is 65.2 Å². The molecule has 1 atom stereocenters. The molecule has 3 rings (SSSR count). The van der Waals surface area contributed by atoms with Gasteiger partial charge in [-0.1, -0.05) is 24.3 Å². The van der Waals surface area contributed by atoms with E-state index in [1.54, 1.807) is 4.90 Å². The minimum atomic E-state index is -0.0667.